The highest BCUT2D eigenvalue weighted by atomic mass is 32.1. The molecule has 0 spiro atoms. The average Bonchev–Trinajstić information content (AvgIpc) is 3.25. The van der Waals surface area contributed by atoms with E-state index in [-0.39, 0.29) is 5.91 Å². The van der Waals surface area contributed by atoms with Gasteiger partial charge in [-0.1, -0.05) is 6.07 Å². The number of morpholine rings is 1. The summed E-state index contributed by atoms with van der Waals surface area (Å²) >= 11 is 1.69. The Hall–Kier alpha value is -2.68. The number of hydrogen-bond acceptors (Lipinski definition) is 6. The number of amides is 1. The average molecular weight is 413 g/mol. The number of aromatic nitrogens is 1. The number of fused-ring (bicyclic) bond motifs is 1. The van der Waals surface area contributed by atoms with Crippen LogP contribution in [0.4, 0.5) is 5.69 Å². The van der Waals surface area contributed by atoms with Crippen LogP contribution < -0.4 is 5.32 Å². The van der Waals surface area contributed by atoms with Crippen LogP contribution in [-0.4, -0.2) is 55.2 Å². The first-order valence-corrected chi connectivity index (χ1v) is 10.3. The zero-order chi connectivity index (χ0) is 20.4. The number of thiophene rings is 1. The zero-order valence-electron chi connectivity index (χ0n) is 16.4. The molecule has 0 saturated carbocycles. The van der Waals surface area contributed by atoms with Gasteiger partial charge >= 0.3 is 5.97 Å². The van der Waals surface area contributed by atoms with E-state index in [1.165, 1.54) is 12.0 Å². The number of carbonyl (C=O) groups is 2. The summed E-state index contributed by atoms with van der Waals surface area (Å²) in [5.41, 5.74) is 3.47. The first-order chi connectivity index (χ1) is 14.0. The van der Waals surface area contributed by atoms with Gasteiger partial charge in [-0.2, -0.15) is 0 Å². The maximum absolute atomic E-state index is 13.1. The summed E-state index contributed by atoms with van der Waals surface area (Å²) < 4.78 is 11.3. The maximum Gasteiger partial charge on any atom is 0.337 e. The number of ether oxygens (including phenoxy) is 2. The third-order valence-corrected chi connectivity index (χ3v) is 6.06. The normalized spacial score (nSPS) is 14.8. The molecule has 2 aromatic heterocycles. The van der Waals surface area contributed by atoms with Crippen molar-refractivity contribution in [3.63, 3.8) is 0 Å². The quantitative estimate of drug-likeness (QED) is 0.627. The lowest BCUT2D eigenvalue weighted by Crippen LogP contribution is -2.36. The first kappa shape index (κ1) is 19.6. The molecule has 7 nitrogen and oxygen atoms in total. The molecule has 1 saturated heterocycles. The number of hydrogen-bond donors (Lipinski definition) is 2. The van der Waals surface area contributed by atoms with Crippen LogP contribution in [0.5, 0.6) is 0 Å². The molecule has 1 fully saturated rings. The molecule has 2 N–H and O–H groups in total. The van der Waals surface area contributed by atoms with Crippen molar-refractivity contribution >= 4 is 39.1 Å². The molecule has 0 unspecified atom stereocenters. The first-order valence-electron chi connectivity index (χ1n) is 9.46. The minimum Gasteiger partial charge on any atom is -0.465 e. The number of nitrogens with one attached hydrogen (secondary N) is 2. The summed E-state index contributed by atoms with van der Waals surface area (Å²) in [6.45, 7) is 5.86. The predicted molar refractivity (Wildman–Crippen MR) is 113 cm³/mol. The van der Waals surface area contributed by atoms with Crippen LogP contribution in [0.3, 0.4) is 0 Å². The van der Waals surface area contributed by atoms with Crippen molar-refractivity contribution in [2.75, 3.05) is 38.7 Å². The topological polar surface area (TPSA) is 83.7 Å². The molecule has 0 bridgehead atoms. The van der Waals surface area contributed by atoms with Gasteiger partial charge in [0.2, 0.25) is 0 Å². The molecule has 0 aliphatic carbocycles. The number of methoxy groups -OCH3 is 1. The third kappa shape index (κ3) is 4.19. The number of carbonyl (C=O) groups excluding carboxylic acids is 2. The second-order valence-electron chi connectivity index (χ2n) is 6.99. The van der Waals surface area contributed by atoms with E-state index in [0.29, 0.717) is 36.7 Å². The van der Waals surface area contributed by atoms with Gasteiger partial charge < -0.3 is 19.8 Å². The smallest absolute Gasteiger partial charge is 0.337 e. The van der Waals surface area contributed by atoms with E-state index in [9.17, 15) is 9.59 Å². The van der Waals surface area contributed by atoms with Crippen LogP contribution in [0.2, 0.25) is 0 Å². The van der Waals surface area contributed by atoms with E-state index in [4.69, 9.17) is 9.47 Å². The molecule has 0 atom stereocenters. The fourth-order valence-electron chi connectivity index (χ4n) is 3.52. The van der Waals surface area contributed by atoms with Gasteiger partial charge in [-0.15, -0.1) is 11.3 Å². The highest BCUT2D eigenvalue weighted by Gasteiger charge is 2.23. The second-order valence-corrected chi connectivity index (χ2v) is 8.25. The number of esters is 1. The van der Waals surface area contributed by atoms with E-state index in [2.05, 4.69) is 28.2 Å². The van der Waals surface area contributed by atoms with Crippen LogP contribution in [0.25, 0.3) is 10.2 Å². The largest absolute Gasteiger partial charge is 0.465 e. The molecule has 152 valence electrons. The number of anilines is 1. The van der Waals surface area contributed by atoms with Gasteiger partial charge in [0.25, 0.3) is 5.91 Å². The Morgan fingerprint density at radius 3 is 2.83 bits per heavy atom. The van der Waals surface area contributed by atoms with Gasteiger partial charge in [-0.25, -0.2) is 4.79 Å². The lowest BCUT2D eigenvalue weighted by atomic mass is 10.1. The fraction of sp³-hybridized carbons (Fsp3) is 0.333. The van der Waals surface area contributed by atoms with Crippen molar-refractivity contribution in [2.45, 2.75) is 13.5 Å². The highest BCUT2D eigenvalue weighted by molar-refractivity contribution is 7.19. The van der Waals surface area contributed by atoms with E-state index >= 15 is 0 Å². The summed E-state index contributed by atoms with van der Waals surface area (Å²) in [4.78, 5) is 31.6. The highest BCUT2D eigenvalue weighted by Crippen LogP contribution is 2.32. The Bertz CT molecular complexity index is 1050. The van der Waals surface area contributed by atoms with Crippen LogP contribution in [0.15, 0.2) is 30.3 Å². The van der Waals surface area contributed by atoms with E-state index in [1.54, 1.807) is 35.6 Å². The van der Waals surface area contributed by atoms with Crippen LogP contribution in [0, 0.1) is 6.92 Å². The lowest BCUT2D eigenvalue weighted by Gasteiger charge is -2.26. The van der Waals surface area contributed by atoms with Crippen molar-refractivity contribution in [1.82, 2.24) is 9.88 Å². The Morgan fingerprint density at radius 1 is 1.28 bits per heavy atom. The molecule has 4 rings (SSSR count). The summed E-state index contributed by atoms with van der Waals surface area (Å²) in [6.07, 6.45) is 0. The number of H-pyrrole nitrogens is 1. The maximum atomic E-state index is 13.1. The Balaban J connectivity index is 1.62. The van der Waals surface area contributed by atoms with E-state index in [1.807, 2.05) is 0 Å². The van der Waals surface area contributed by atoms with Crippen molar-refractivity contribution in [1.29, 1.82) is 0 Å². The summed E-state index contributed by atoms with van der Waals surface area (Å²) in [5.74, 6) is -0.665. The summed E-state index contributed by atoms with van der Waals surface area (Å²) in [5, 5.41) is 2.90. The van der Waals surface area contributed by atoms with Crippen molar-refractivity contribution < 1.29 is 19.1 Å². The van der Waals surface area contributed by atoms with Crippen molar-refractivity contribution in [3.8, 4) is 0 Å². The van der Waals surface area contributed by atoms with Crippen molar-refractivity contribution in [2.24, 2.45) is 0 Å². The van der Waals surface area contributed by atoms with Crippen LogP contribution >= 0.6 is 11.3 Å². The molecular formula is C21H23N3O4S. The van der Waals surface area contributed by atoms with Crippen molar-refractivity contribution in [3.05, 3.63) is 52.0 Å². The standard InChI is InChI=1S/C21H23N3O4S/c1-13-10-17-19(29-13)16(12-24-6-8-28-9-7-24)18(23-17)20(25)22-15-5-3-4-14(11-15)21(26)27-2/h3-5,10-11,23H,6-9,12H2,1-2H3,(H,22,25). The molecule has 3 aromatic rings. The minimum atomic E-state index is -0.440. The van der Waals surface area contributed by atoms with Gasteiger partial charge in [-0.05, 0) is 31.2 Å². The molecule has 29 heavy (non-hydrogen) atoms. The number of nitrogens with zero attached hydrogens (tertiary/aromatic N) is 1. The van der Waals surface area contributed by atoms with Gasteiger partial charge in [-0.3, -0.25) is 9.69 Å². The van der Waals surface area contributed by atoms with Crippen LogP contribution in [0.1, 0.15) is 31.3 Å². The van der Waals surface area contributed by atoms with E-state index in [0.717, 1.165) is 28.9 Å². The molecule has 8 heteroatoms. The third-order valence-electron chi connectivity index (χ3n) is 4.94. The molecule has 0 radical (unpaired) electrons. The molecule has 1 aliphatic rings. The fourth-order valence-corrected chi connectivity index (χ4v) is 4.53. The van der Waals surface area contributed by atoms with Gasteiger partial charge in [0.05, 0.1) is 36.1 Å². The number of aromatic amines is 1. The monoisotopic (exact) mass is 413 g/mol. The van der Waals surface area contributed by atoms with E-state index < -0.39 is 5.97 Å². The summed E-state index contributed by atoms with van der Waals surface area (Å²) in [7, 11) is 1.33. The lowest BCUT2D eigenvalue weighted by molar-refractivity contribution is 0.0343. The Morgan fingerprint density at radius 2 is 2.07 bits per heavy atom. The minimum absolute atomic E-state index is 0.226. The Labute approximate surface area is 172 Å². The molecular weight excluding hydrogens is 390 g/mol. The second kappa shape index (κ2) is 8.36. The van der Waals surface area contributed by atoms with Gasteiger partial charge in [0, 0.05) is 35.8 Å². The predicted octanol–water partition coefficient (Wildman–Crippen LogP) is 3.41. The molecule has 1 amide bonds. The zero-order valence-corrected chi connectivity index (χ0v) is 17.2. The number of aryl methyl sites for hydroxylation is 1. The Kier molecular flexibility index (Phi) is 5.66. The molecule has 1 aliphatic heterocycles. The SMILES string of the molecule is COC(=O)c1cccc(NC(=O)c2[nH]c3cc(C)sc3c2CN2CCOCC2)c1. The van der Waals surface area contributed by atoms with Gasteiger partial charge in [0.15, 0.2) is 0 Å². The number of benzene rings is 1. The van der Waals surface area contributed by atoms with Crippen LogP contribution in [-0.2, 0) is 16.0 Å². The molecule has 3 heterocycles. The number of rotatable bonds is 5. The molecule has 1 aromatic carbocycles. The van der Waals surface area contributed by atoms with Gasteiger partial charge in [0.1, 0.15) is 5.69 Å². The summed E-state index contributed by atoms with van der Waals surface area (Å²) in [6, 6.07) is 8.80.